The summed E-state index contributed by atoms with van der Waals surface area (Å²) in [6, 6.07) is 9.43. The summed E-state index contributed by atoms with van der Waals surface area (Å²) in [5.74, 6) is -2.20. The van der Waals surface area contributed by atoms with Crippen LogP contribution in [0.4, 0.5) is 18.9 Å². The number of rotatable bonds is 6. The fraction of sp³-hybridized carbons (Fsp3) is 0.188. The second-order valence-corrected chi connectivity index (χ2v) is 4.68. The highest BCUT2D eigenvalue weighted by Crippen LogP contribution is 2.17. The lowest BCUT2D eigenvalue weighted by Gasteiger charge is -2.09. The van der Waals surface area contributed by atoms with E-state index in [2.05, 4.69) is 10.6 Å². The van der Waals surface area contributed by atoms with Crippen molar-refractivity contribution in [3.8, 4) is 0 Å². The number of para-hydroxylation sites is 1. The molecule has 2 aromatic rings. The quantitative estimate of drug-likeness (QED) is 0.861. The van der Waals surface area contributed by atoms with Gasteiger partial charge in [0.25, 0.3) is 0 Å². The Morgan fingerprint density at radius 1 is 0.955 bits per heavy atom. The van der Waals surface area contributed by atoms with Crippen LogP contribution in [-0.4, -0.2) is 19.0 Å². The molecule has 0 bridgehead atoms. The maximum atomic E-state index is 13.3. The molecule has 0 atom stereocenters. The van der Waals surface area contributed by atoms with E-state index in [4.69, 9.17) is 0 Å². The third kappa shape index (κ3) is 4.51. The average molecular weight is 308 g/mol. The van der Waals surface area contributed by atoms with Crippen molar-refractivity contribution >= 4 is 11.6 Å². The first kappa shape index (κ1) is 15.9. The van der Waals surface area contributed by atoms with E-state index >= 15 is 0 Å². The monoisotopic (exact) mass is 308 g/mol. The largest absolute Gasteiger partial charge is 0.371 e. The molecule has 0 aliphatic rings. The SMILES string of the molecule is O=C(CNc1c(F)cccc1F)NCCc1ccc(F)cc1. The second kappa shape index (κ2) is 7.49. The van der Waals surface area contributed by atoms with E-state index in [1.165, 1.54) is 18.2 Å². The van der Waals surface area contributed by atoms with E-state index in [-0.39, 0.29) is 24.0 Å². The lowest BCUT2D eigenvalue weighted by molar-refractivity contribution is -0.119. The molecule has 0 saturated carbocycles. The zero-order valence-corrected chi connectivity index (χ0v) is 11.7. The minimum atomic E-state index is -0.751. The summed E-state index contributed by atoms with van der Waals surface area (Å²) in [7, 11) is 0. The summed E-state index contributed by atoms with van der Waals surface area (Å²) in [5.41, 5.74) is 0.561. The van der Waals surface area contributed by atoms with Crippen molar-refractivity contribution in [1.29, 1.82) is 0 Å². The van der Waals surface area contributed by atoms with Gasteiger partial charge in [-0.1, -0.05) is 18.2 Å². The van der Waals surface area contributed by atoms with Crippen molar-refractivity contribution in [2.24, 2.45) is 0 Å². The van der Waals surface area contributed by atoms with Gasteiger partial charge in [0.05, 0.1) is 6.54 Å². The Morgan fingerprint density at radius 3 is 2.23 bits per heavy atom. The lowest BCUT2D eigenvalue weighted by Crippen LogP contribution is -2.31. The molecule has 2 N–H and O–H groups in total. The minimum Gasteiger partial charge on any atom is -0.371 e. The number of anilines is 1. The van der Waals surface area contributed by atoms with Gasteiger partial charge in [0, 0.05) is 6.54 Å². The Kier molecular flexibility index (Phi) is 5.41. The number of halogens is 3. The van der Waals surface area contributed by atoms with Gasteiger partial charge >= 0.3 is 0 Å². The van der Waals surface area contributed by atoms with E-state index < -0.39 is 11.6 Å². The first-order chi connectivity index (χ1) is 10.6. The van der Waals surface area contributed by atoms with Gasteiger partial charge in [0.15, 0.2) is 0 Å². The van der Waals surface area contributed by atoms with Gasteiger partial charge in [-0.2, -0.15) is 0 Å². The first-order valence-corrected chi connectivity index (χ1v) is 6.75. The van der Waals surface area contributed by atoms with E-state index in [0.29, 0.717) is 13.0 Å². The van der Waals surface area contributed by atoms with Gasteiger partial charge in [-0.3, -0.25) is 4.79 Å². The zero-order chi connectivity index (χ0) is 15.9. The number of hydrogen-bond acceptors (Lipinski definition) is 2. The molecule has 0 fully saturated rings. The summed E-state index contributed by atoms with van der Waals surface area (Å²) < 4.78 is 39.4. The topological polar surface area (TPSA) is 41.1 Å². The number of amides is 1. The van der Waals surface area contributed by atoms with E-state index in [0.717, 1.165) is 17.7 Å². The molecule has 3 nitrogen and oxygen atoms in total. The van der Waals surface area contributed by atoms with Gasteiger partial charge in [0.1, 0.15) is 23.1 Å². The summed E-state index contributed by atoms with van der Waals surface area (Å²) >= 11 is 0. The summed E-state index contributed by atoms with van der Waals surface area (Å²) in [4.78, 5) is 11.6. The van der Waals surface area contributed by atoms with Crippen LogP contribution in [0.15, 0.2) is 42.5 Å². The van der Waals surface area contributed by atoms with Gasteiger partial charge in [0.2, 0.25) is 5.91 Å². The first-order valence-electron chi connectivity index (χ1n) is 6.75. The molecule has 0 heterocycles. The van der Waals surface area contributed by atoms with Crippen LogP contribution in [-0.2, 0) is 11.2 Å². The predicted octanol–water partition coefficient (Wildman–Crippen LogP) is 2.87. The van der Waals surface area contributed by atoms with Crippen LogP contribution in [0.25, 0.3) is 0 Å². The molecule has 0 unspecified atom stereocenters. The molecule has 2 rings (SSSR count). The van der Waals surface area contributed by atoms with Crippen LogP contribution >= 0.6 is 0 Å². The summed E-state index contributed by atoms with van der Waals surface area (Å²) in [6.45, 7) is 0.118. The second-order valence-electron chi connectivity index (χ2n) is 4.68. The molecule has 1 amide bonds. The molecule has 0 aliphatic heterocycles. The highest BCUT2D eigenvalue weighted by molar-refractivity contribution is 5.80. The number of hydrogen-bond donors (Lipinski definition) is 2. The Morgan fingerprint density at radius 2 is 1.59 bits per heavy atom. The summed E-state index contributed by atoms with van der Waals surface area (Å²) in [6.07, 6.45) is 0.542. The molecule has 2 aromatic carbocycles. The van der Waals surface area contributed by atoms with Crippen molar-refractivity contribution in [3.63, 3.8) is 0 Å². The normalized spacial score (nSPS) is 10.3. The van der Waals surface area contributed by atoms with Crippen molar-refractivity contribution in [2.75, 3.05) is 18.4 Å². The van der Waals surface area contributed by atoms with E-state index in [1.807, 2.05) is 0 Å². The van der Waals surface area contributed by atoms with Crippen molar-refractivity contribution in [3.05, 3.63) is 65.5 Å². The van der Waals surface area contributed by atoms with Crippen LogP contribution in [0, 0.1) is 17.5 Å². The smallest absolute Gasteiger partial charge is 0.239 e. The van der Waals surface area contributed by atoms with Crippen LogP contribution in [0.3, 0.4) is 0 Å². The number of benzene rings is 2. The van der Waals surface area contributed by atoms with Gasteiger partial charge in [-0.15, -0.1) is 0 Å². The molecule has 0 radical (unpaired) electrons. The fourth-order valence-corrected chi connectivity index (χ4v) is 1.90. The van der Waals surface area contributed by atoms with Crippen molar-refractivity contribution in [2.45, 2.75) is 6.42 Å². The Hall–Kier alpha value is -2.50. The van der Waals surface area contributed by atoms with E-state index in [9.17, 15) is 18.0 Å². The fourth-order valence-electron chi connectivity index (χ4n) is 1.90. The number of carbonyl (C=O) groups excluding carboxylic acids is 1. The van der Waals surface area contributed by atoms with Crippen LogP contribution < -0.4 is 10.6 Å². The molecular weight excluding hydrogens is 293 g/mol. The van der Waals surface area contributed by atoms with Crippen LogP contribution in [0.1, 0.15) is 5.56 Å². The van der Waals surface area contributed by atoms with Gasteiger partial charge in [-0.25, -0.2) is 13.2 Å². The molecule has 0 aromatic heterocycles. The maximum Gasteiger partial charge on any atom is 0.239 e. The minimum absolute atomic E-state index is 0.235. The zero-order valence-electron chi connectivity index (χ0n) is 11.7. The van der Waals surface area contributed by atoms with E-state index in [1.54, 1.807) is 12.1 Å². The maximum absolute atomic E-state index is 13.3. The van der Waals surface area contributed by atoms with Gasteiger partial charge < -0.3 is 10.6 Å². The van der Waals surface area contributed by atoms with Crippen LogP contribution in [0.5, 0.6) is 0 Å². The predicted molar refractivity (Wildman–Crippen MR) is 78.0 cm³/mol. The highest BCUT2D eigenvalue weighted by atomic mass is 19.1. The highest BCUT2D eigenvalue weighted by Gasteiger charge is 2.09. The number of nitrogens with one attached hydrogen (secondary N) is 2. The molecule has 6 heteroatoms. The molecule has 0 aliphatic carbocycles. The van der Waals surface area contributed by atoms with Crippen LogP contribution in [0.2, 0.25) is 0 Å². The standard InChI is InChI=1S/C16H15F3N2O/c17-12-6-4-11(5-7-12)8-9-20-15(22)10-21-16-13(18)2-1-3-14(16)19/h1-7,21H,8-10H2,(H,20,22). The molecule has 22 heavy (non-hydrogen) atoms. The lowest BCUT2D eigenvalue weighted by atomic mass is 10.1. The third-order valence-corrected chi connectivity index (χ3v) is 3.04. The van der Waals surface area contributed by atoms with Crippen molar-refractivity contribution in [1.82, 2.24) is 5.32 Å². The Balaban J connectivity index is 1.75. The Labute approximate surface area is 126 Å². The van der Waals surface area contributed by atoms with Gasteiger partial charge in [-0.05, 0) is 36.2 Å². The number of carbonyl (C=O) groups is 1. The Bertz CT molecular complexity index is 624. The molecule has 0 saturated heterocycles. The van der Waals surface area contributed by atoms with Crippen molar-refractivity contribution < 1.29 is 18.0 Å². The molecular formula is C16H15F3N2O. The molecule has 0 spiro atoms. The average Bonchev–Trinajstić information content (AvgIpc) is 2.49. The molecule has 116 valence electrons. The summed E-state index contributed by atoms with van der Waals surface area (Å²) in [5, 5.41) is 5.04. The third-order valence-electron chi connectivity index (χ3n) is 3.04.